The fraction of sp³-hybridized carbons (Fsp3) is 0.417. The molecule has 1 rings (SSSR count). The van der Waals surface area contributed by atoms with Crippen LogP contribution in [-0.4, -0.2) is 19.7 Å². The Morgan fingerprint density at radius 1 is 1.56 bits per heavy atom. The number of hydrogen-bond acceptors (Lipinski definition) is 3. The maximum absolute atomic E-state index is 13.4. The van der Waals surface area contributed by atoms with Crippen molar-refractivity contribution >= 4 is 0 Å². The molecule has 86 valence electrons. The van der Waals surface area contributed by atoms with Gasteiger partial charge in [0, 0.05) is 12.1 Å². The average molecular weight is 222 g/mol. The summed E-state index contributed by atoms with van der Waals surface area (Å²) in [5.74, 6) is -0.393. The molecule has 0 aromatic heterocycles. The molecule has 0 aliphatic heterocycles. The van der Waals surface area contributed by atoms with Crippen LogP contribution in [0.5, 0.6) is 0 Å². The fourth-order valence-corrected chi connectivity index (χ4v) is 1.31. The van der Waals surface area contributed by atoms with Gasteiger partial charge in [-0.2, -0.15) is 5.26 Å². The zero-order valence-electron chi connectivity index (χ0n) is 9.46. The first-order valence-corrected chi connectivity index (χ1v) is 5.12. The molecule has 0 saturated heterocycles. The Balaban J connectivity index is 2.58. The van der Waals surface area contributed by atoms with Crippen LogP contribution in [0.15, 0.2) is 18.2 Å². The van der Waals surface area contributed by atoms with Gasteiger partial charge in [0.15, 0.2) is 0 Å². The lowest BCUT2D eigenvalue weighted by atomic mass is 10.1. The Morgan fingerprint density at radius 3 is 2.88 bits per heavy atom. The third-order valence-electron chi connectivity index (χ3n) is 2.20. The van der Waals surface area contributed by atoms with Crippen LogP contribution in [0.3, 0.4) is 0 Å². The average Bonchev–Trinajstić information content (AvgIpc) is 2.27. The Morgan fingerprint density at radius 2 is 2.31 bits per heavy atom. The standard InChI is InChI=1S/C12H15FN2O/c1-9(7-15-2)16-8-11-4-3-10(6-14)5-12(11)13/h3-5,9,15H,7-8H2,1-2H3. The van der Waals surface area contributed by atoms with Crippen molar-refractivity contribution in [3.8, 4) is 6.07 Å². The minimum atomic E-state index is -0.393. The number of hydrogen-bond donors (Lipinski definition) is 1. The van der Waals surface area contributed by atoms with Crippen molar-refractivity contribution in [2.45, 2.75) is 19.6 Å². The summed E-state index contributed by atoms with van der Waals surface area (Å²) in [7, 11) is 1.84. The smallest absolute Gasteiger partial charge is 0.130 e. The van der Waals surface area contributed by atoms with E-state index in [1.165, 1.54) is 6.07 Å². The van der Waals surface area contributed by atoms with E-state index in [9.17, 15) is 4.39 Å². The van der Waals surface area contributed by atoms with Crippen molar-refractivity contribution < 1.29 is 9.13 Å². The lowest BCUT2D eigenvalue weighted by Crippen LogP contribution is -2.23. The summed E-state index contributed by atoms with van der Waals surface area (Å²) in [6.07, 6.45) is 0.0278. The molecule has 0 aliphatic carbocycles. The van der Waals surface area contributed by atoms with Crippen LogP contribution in [-0.2, 0) is 11.3 Å². The first-order valence-electron chi connectivity index (χ1n) is 5.12. The highest BCUT2D eigenvalue weighted by Crippen LogP contribution is 2.11. The highest BCUT2D eigenvalue weighted by molar-refractivity contribution is 5.32. The fourth-order valence-electron chi connectivity index (χ4n) is 1.31. The van der Waals surface area contributed by atoms with Crippen LogP contribution < -0.4 is 5.32 Å². The van der Waals surface area contributed by atoms with Gasteiger partial charge in [0.25, 0.3) is 0 Å². The normalized spacial score (nSPS) is 12.1. The van der Waals surface area contributed by atoms with Crippen molar-refractivity contribution in [2.24, 2.45) is 0 Å². The lowest BCUT2D eigenvalue weighted by Gasteiger charge is -2.12. The molecule has 3 nitrogen and oxygen atoms in total. The maximum atomic E-state index is 13.4. The molecule has 0 fully saturated rings. The quantitative estimate of drug-likeness (QED) is 0.826. The summed E-state index contributed by atoms with van der Waals surface area (Å²) in [4.78, 5) is 0. The Kier molecular flexibility index (Phi) is 4.90. The molecule has 1 unspecified atom stereocenters. The number of halogens is 1. The van der Waals surface area contributed by atoms with E-state index >= 15 is 0 Å². The van der Waals surface area contributed by atoms with Crippen molar-refractivity contribution in [3.05, 3.63) is 35.1 Å². The van der Waals surface area contributed by atoms with Crippen LogP contribution in [0.2, 0.25) is 0 Å². The molecule has 16 heavy (non-hydrogen) atoms. The highest BCUT2D eigenvalue weighted by atomic mass is 19.1. The van der Waals surface area contributed by atoms with Gasteiger partial charge in [0.1, 0.15) is 5.82 Å². The van der Waals surface area contributed by atoms with Gasteiger partial charge in [-0.3, -0.25) is 0 Å². The number of nitrogens with zero attached hydrogens (tertiary/aromatic N) is 1. The van der Waals surface area contributed by atoms with Gasteiger partial charge in [-0.25, -0.2) is 4.39 Å². The zero-order chi connectivity index (χ0) is 12.0. The van der Waals surface area contributed by atoms with E-state index in [1.54, 1.807) is 12.1 Å². The summed E-state index contributed by atoms with van der Waals surface area (Å²) < 4.78 is 18.9. The largest absolute Gasteiger partial charge is 0.372 e. The number of nitriles is 1. The molecule has 0 aliphatic rings. The third-order valence-corrected chi connectivity index (χ3v) is 2.20. The van der Waals surface area contributed by atoms with Crippen molar-refractivity contribution in [3.63, 3.8) is 0 Å². The summed E-state index contributed by atoms with van der Waals surface area (Å²) in [6.45, 7) is 2.86. The lowest BCUT2D eigenvalue weighted by molar-refractivity contribution is 0.0528. The monoisotopic (exact) mass is 222 g/mol. The Hall–Kier alpha value is -1.44. The van der Waals surface area contributed by atoms with E-state index in [0.717, 1.165) is 6.54 Å². The molecule has 1 aromatic carbocycles. The van der Waals surface area contributed by atoms with Crippen molar-refractivity contribution in [1.29, 1.82) is 5.26 Å². The molecule has 1 atom stereocenters. The van der Waals surface area contributed by atoms with E-state index in [4.69, 9.17) is 10.00 Å². The predicted molar refractivity (Wildman–Crippen MR) is 59.3 cm³/mol. The molecule has 0 amide bonds. The summed E-state index contributed by atoms with van der Waals surface area (Å²) >= 11 is 0. The molecule has 0 heterocycles. The molecular formula is C12H15FN2O. The number of rotatable bonds is 5. The molecular weight excluding hydrogens is 207 g/mol. The molecule has 0 saturated carbocycles. The van der Waals surface area contributed by atoms with Gasteiger partial charge in [0.2, 0.25) is 0 Å². The number of likely N-dealkylation sites (N-methyl/N-ethyl adjacent to an activating group) is 1. The van der Waals surface area contributed by atoms with E-state index in [1.807, 2.05) is 20.0 Å². The van der Waals surface area contributed by atoms with Gasteiger partial charge in [-0.1, -0.05) is 6.07 Å². The molecule has 1 aromatic rings. The Bertz CT molecular complexity index is 387. The van der Waals surface area contributed by atoms with Crippen molar-refractivity contribution in [1.82, 2.24) is 5.32 Å². The number of benzene rings is 1. The van der Waals surface area contributed by atoms with Crippen LogP contribution >= 0.6 is 0 Å². The van der Waals surface area contributed by atoms with E-state index in [0.29, 0.717) is 11.1 Å². The maximum Gasteiger partial charge on any atom is 0.130 e. The topological polar surface area (TPSA) is 45.0 Å². The van der Waals surface area contributed by atoms with Gasteiger partial charge < -0.3 is 10.1 Å². The molecule has 0 spiro atoms. The second-order valence-corrected chi connectivity index (χ2v) is 3.60. The summed E-state index contributed by atoms with van der Waals surface area (Å²) in [6, 6.07) is 6.28. The van der Waals surface area contributed by atoms with Crippen LogP contribution in [0.25, 0.3) is 0 Å². The first kappa shape index (κ1) is 12.6. The molecule has 1 N–H and O–H groups in total. The van der Waals surface area contributed by atoms with Crippen LogP contribution in [0.4, 0.5) is 4.39 Å². The van der Waals surface area contributed by atoms with Gasteiger partial charge >= 0.3 is 0 Å². The van der Waals surface area contributed by atoms with E-state index in [2.05, 4.69) is 5.32 Å². The molecule has 0 radical (unpaired) electrons. The number of ether oxygens (including phenoxy) is 1. The van der Waals surface area contributed by atoms with Gasteiger partial charge in [-0.05, 0) is 26.1 Å². The van der Waals surface area contributed by atoms with Crippen LogP contribution in [0.1, 0.15) is 18.1 Å². The van der Waals surface area contributed by atoms with E-state index < -0.39 is 5.82 Å². The van der Waals surface area contributed by atoms with Gasteiger partial charge in [-0.15, -0.1) is 0 Å². The van der Waals surface area contributed by atoms with Gasteiger partial charge in [0.05, 0.1) is 24.3 Å². The minimum Gasteiger partial charge on any atom is -0.372 e. The zero-order valence-corrected chi connectivity index (χ0v) is 9.46. The van der Waals surface area contributed by atoms with E-state index in [-0.39, 0.29) is 12.7 Å². The summed E-state index contributed by atoms with van der Waals surface area (Å²) in [5, 5.41) is 11.6. The second kappa shape index (κ2) is 6.21. The predicted octanol–water partition coefficient (Wildman–Crippen LogP) is 1.82. The first-order chi connectivity index (χ1) is 7.67. The summed E-state index contributed by atoms with van der Waals surface area (Å²) in [5.41, 5.74) is 0.798. The number of nitrogens with one attached hydrogen (secondary N) is 1. The van der Waals surface area contributed by atoms with Crippen LogP contribution in [0, 0.1) is 17.1 Å². The minimum absolute atomic E-state index is 0.0278. The SMILES string of the molecule is CNCC(C)OCc1ccc(C#N)cc1F. The second-order valence-electron chi connectivity index (χ2n) is 3.60. The third kappa shape index (κ3) is 3.61. The Labute approximate surface area is 94.8 Å². The van der Waals surface area contributed by atoms with Crippen molar-refractivity contribution in [2.75, 3.05) is 13.6 Å². The molecule has 0 bridgehead atoms. The molecule has 4 heteroatoms. The highest BCUT2D eigenvalue weighted by Gasteiger charge is 2.06.